The molecule has 0 spiro atoms. The fraction of sp³-hybridized carbons (Fsp3) is 0.217. The number of hydrogen-bond donors (Lipinski definition) is 1. The van der Waals surface area contributed by atoms with E-state index in [-0.39, 0.29) is 17.2 Å². The van der Waals surface area contributed by atoms with Gasteiger partial charge in [-0.3, -0.25) is 19.0 Å². The number of nitrogens with one attached hydrogen (secondary N) is 1. The molecule has 0 radical (unpaired) electrons. The van der Waals surface area contributed by atoms with Crippen molar-refractivity contribution in [2.24, 2.45) is 4.99 Å². The normalized spacial score (nSPS) is 16.5. The van der Waals surface area contributed by atoms with Crippen molar-refractivity contribution in [2.75, 3.05) is 16.9 Å². The van der Waals surface area contributed by atoms with Crippen molar-refractivity contribution in [1.29, 1.82) is 0 Å². The van der Waals surface area contributed by atoms with E-state index >= 15 is 0 Å². The number of thiazole rings is 1. The Morgan fingerprint density at radius 1 is 1.13 bits per heavy atom. The highest BCUT2D eigenvalue weighted by Gasteiger charge is 2.29. The number of ketones is 1. The molecule has 1 N–H and O–H groups in total. The van der Waals surface area contributed by atoms with E-state index in [1.807, 2.05) is 43.0 Å². The van der Waals surface area contributed by atoms with Gasteiger partial charge in [0.05, 0.1) is 11.3 Å². The second-order valence-electron chi connectivity index (χ2n) is 7.86. The van der Waals surface area contributed by atoms with Crippen LogP contribution in [0.5, 0.6) is 0 Å². The minimum Gasteiger partial charge on any atom is -0.334 e. The molecule has 0 bridgehead atoms. The molecule has 1 aromatic heterocycles. The van der Waals surface area contributed by atoms with Crippen LogP contribution in [0, 0.1) is 13.8 Å². The Morgan fingerprint density at radius 3 is 2.58 bits per heavy atom. The third-order valence-electron chi connectivity index (χ3n) is 5.63. The van der Waals surface area contributed by atoms with Crippen LogP contribution in [-0.4, -0.2) is 22.9 Å². The van der Waals surface area contributed by atoms with Gasteiger partial charge >= 0.3 is 0 Å². The number of hydrogen-bond acceptors (Lipinski definition) is 6. The van der Waals surface area contributed by atoms with Crippen molar-refractivity contribution in [1.82, 2.24) is 4.57 Å². The Hall–Kier alpha value is -3.52. The van der Waals surface area contributed by atoms with Crippen molar-refractivity contribution < 1.29 is 9.59 Å². The van der Waals surface area contributed by atoms with Crippen LogP contribution in [0.4, 0.5) is 11.4 Å². The maximum atomic E-state index is 13.3. The third-order valence-corrected chi connectivity index (χ3v) is 6.75. The molecule has 0 unspecified atom stereocenters. The van der Waals surface area contributed by atoms with Gasteiger partial charge in [0.15, 0.2) is 10.6 Å². The highest BCUT2D eigenvalue weighted by atomic mass is 32.1. The monoisotopic (exact) mass is 432 g/mol. The van der Waals surface area contributed by atoms with Gasteiger partial charge in [-0.25, -0.2) is 4.99 Å². The molecule has 1 amide bonds. The van der Waals surface area contributed by atoms with Crippen LogP contribution in [0.15, 0.2) is 46.2 Å². The van der Waals surface area contributed by atoms with Gasteiger partial charge in [-0.1, -0.05) is 23.0 Å². The topological polar surface area (TPSA) is 83.8 Å². The number of nitrogens with zero attached hydrogens (tertiary/aromatic N) is 3. The van der Waals surface area contributed by atoms with Gasteiger partial charge in [0.1, 0.15) is 17.9 Å². The van der Waals surface area contributed by atoms with Crippen LogP contribution in [0.1, 0.15) is 34.0 Å². The first-order valence-corrected chi connectivity index (χ1v) is 10.7. The van der Waals surface area contributed by atoms with Crippen LogP contribution in [0.25, 0.3) is 5.57 Å². The number of fused-ring (bicyclic) bond motifs is 2. The molecule has 2 aliphatic heterocycles. The first kappa shape index (κ1) is 19.4. The number of anilines is 2. The smallest absolute Gasteiger partial charge is 0.272 e. The van der Waals surface area contributed by atoms with E-state index in [2.05, 4.69) is 10.3 Å². The lowest BCUT2D eigenvalue weighted by Crippen LogP contribution is -2.43. The Labute approximate surface area is 182 Å². The van der Waals surface area contributed by atoms with E-state index in [1.54, 1.807) is 16.7 Å². The van der Waals surface area contributed by atoms with Crippen molar-refractivity contribution in [3.05, 3.63) is 78.3 Å². The number of aryl methyl sites for hydroxylation is 2. The largest absolute Gasteiger partial charge is 0.334 e. The van der Waals surface area contributed by atoms with Gasteiger partial charge in [0, 0.05) is 16.8 Å². The Morgan fingerprint density at radius 2 is 1.87 bits per heavy atom. The van der Waals surface area contributed by atoms with Gasteiger partial charge in [0.2, 0.25) is 0 Å². The zero-order valence-corrected chi connectivity index (χ0v) is 18.2. The summed E-state index contributed by atoms with van der Waals surface area (Å²) in [6.45, 7) is 6.19. The van der Waals surface area contributed by atoms with E-state index in [0.29, 0.717) is 33.8 Å². The summed E-state index contributed by atoms with van der Waals surface area (Å²) in [6.07, 6.45) is 0. The maximum absolute atomic E-state index is 13.3. The summed E-state index contributed by atoms with van der Waals surface area (Å²) in [5.74, 6) is -0.245. The lowest BCUT2D eigenvalue weighted by Gasteiger charge is -2.25. The van der Waals surface area contributed by atoms with Gasteiger partial charge in [-0.15, -0.1) is 0 Å². The number of carbonyl (C=O) groups excluding carboxylic acids is 2. The number of amides is 1. The molecular formula is C23H20N4O3S. The summed E-state index contributed by atoms with van der Waals surface area (Å²) in [7, 11) is 0. The van der Waals surface area contributed by atoms with E-state index in [0.717, 1.165) is 28.1 Å². The van der Waals surface area contributed by atoms with Crippen LogP contribution >= 0.6 is 11.3 Å². The van der Waals surface area contributed by atoms with Crippen LogP contribution < -0.4 is 25.1 Å². The Balaban J connectivity index is 1.60. The number of rotatable bonds is 2. The average Bonchev–Trinajstić information content (AvgIpc) is 3.24. The van der Waals surface area contributed by atoms with Gasteiger partial charge < -0.3 is 10.2 Å². The Kier molecular flexibility index (Phi) is 4.40. The lowest BCUT2D eigenvalue weighted by molar-refractivity contribution is -0.110. The van der Waals surface area contributed by atoms with E-state index in [1.165, 1.54) is 18.3 Å². The summed E-state index contributed by atoms with van der Waals surface area (Å²) in [5.41, 5.74) is 5.28. The molecule has 5 rings (SSSR count). The highest BCUT2D eigenvalue weighted by molar-refractivity contribution is 7.07. The fourth-order valence-corrected chi connectivity index (χ4v) is 5.14. The number of carbonyl (C=O) groups is 2. The number of benzene rings is 2. The van der Waals surface area contributed by atoms with Crippen LogP contribution in [0.2, 0.25) is 0 Å². The van der Waals surface area contributed by atoms with Crippen molar-refractivity contribution >= 4 is 40.0 Å². The SMILES string of the molecule is CC(=O)c1ccc(N2CN=c3s/c(=C4\C(=O)Nc5c(C)cc(C)cc54)c(=O)n3C2)cc1. The molecule has 3 aromatic rings. The van der Waals surface area contributed by atoms with Crippen molar-refractivity contribution in [2.45, 2.75) is 27.4 Å². The van der Waals surface area contributed by atoms with Crippen LogP contribution in [0.3, 0.4) is 0 Å². The maximum Gasteiger partial charge on any atom is 0.272 e. The lowest BCUT2D eigenvalue weighted by atomic mass is 10.0. The molecule has 0 fully saturated rings. The molecule has 3 heterocycles. The number of Topliss-reactive ketones (excluding diaryl/α,β-unsaturated/α-hetero) is 1. The van der Waals surface area contributed by atoms with Gasteiger partial charge in [-0.05, 0) is 56.7 Å². The van der Waals surface area contributed by atoms with Crippen LogP contribution in [-0.2, 0) is 11.5 Å². The van der Waals surface area contributed by atoms with E-state index in [4.69, 9.17) is 0 Å². The van der Waals surface area contributed by atoms with Gasteiger partial charge in [-0.2, -0.15) is 0 Å². The van der Waals surface area contributed by atoms with Crippen molar-refractivity contribution in [3.63, 3.8) is 0 Å². The van der Waals surface area contributed by atoms with Gasteiger partial charge in [0.25, 0.3) is 11.5 Å². The molecule has 2 aliphatic rings. The second-order valence-corrected chi connectivity index (χ2v) is 8.84. The summed E-state index contributed by atoms with van der Waals surface area (Å²) < 4.78 is 2.01. The molecule has 2 aromatic carbocycles. The van der Waals surface area contributed by atoms with E-state index in [9.17, 15) is 14.4 Å². The number of aromatic nitrogens is 1. The first-order chi connectivity index (χ1) is 14.8. The first-order valence-electron chi connectivity index (χ1n) is 9.91. The van der Waals surface area contributed by atoms with Crippen molar-refractivity contribution in [3.8, 4) is 0 Å². The fourth-order valence-electron chi connectivity index (χ4n) is 4.09. The molecule has 8 heteroatoms. The summed E-state index contributed by atoms with van der Waals surface area (Å²) >= 11 is 1.26. The molecule has 7 nitrogen and oxygen atoms in total. The molecule has 31 heavy (non-hydrogen) atoms. The zero-order chi connectivity index (χ0) is 21.9. The van der Waals surface area contributed by atoms with E-state index < -0.39 is 0 Å². The molecule has 0 saturated heterocycles. The molecule has 0 saturated carbocycles. The standard InChI is InChI=1S/C23H20N4O3S/c1-12-8-13(2)19-17(9-12)18(21(29)25-19)20-22(30)27-11-26(10-24-23(27)31-20)16-6-4-15(5-7-16)14(3)28/h4-9H,10-11H2,1-3H3,(H,25,29)/b20-18-. The summed E-state index contributed by atoms with van der Waals surface area (Å²) in [5, 5.41) is 2.91. The molecule has 156 valence electrons. The predicted molar refractivity (Wildman–Crippen MR) is 120 cm³/mol. The third kappa shape index (κ3) is 3.11. The molecule has 0 aliphatic carbocycles. The second kappa shape index (κ2) is 7.02. The minimum atomic E-state index is -0.253. The quantitative estimate of drug-likeness (QED) is 0.628. The summed E-state index contributed by atoms with van der Waals surface area (Å²) in [4.78, 5) is 44.7. The zero-order valence-electron chi connectivity index (χ0n) is 17.4. The molecular weight excluding hydrogens is 412 g/mol. The average molecular weight is 433 g/mol. The minimum absolute atomic E-state index is 0.00786. The highest BCUT2D eigenvalue weighted by Crippen LogP contribution is 2.33. The summed E-state index contributed by atoms with van der Waals surface area (Å²) in [6, 6.07) is 11.2. The predicted octanol–water partition coefficient (Wildman–Crippen LogP) is 1.94. The molecule has 0 atom stereocenters. The Bertz CT molecular complexity index is 1450.